The third-order valence-electron chi connectivity index (χ3n) is 5.55. The Morgan fingerprint density at radius 3 is 2.80 bits per heavy atom. The number of nitrogens with zero attached hydrogens (tertiary/aromatic N) is 3. The molecule has 0 aliphatic carbocycles. The lowest BCUT2D eigenvalue weighted by Crippen LogP contribution is -2.40. The molecule has 1 fully saturated rings. The molecule has 0 radical (unpaired) electrons. The summed E-state index contributed by atoms with van der Waals surface area (Å²) in [5.74, 6) is 1.09. The fourth-order valence-electron chi connectivity index (χ4n) is 4.06. The lowest BCUT2D eigenvalue weighted by molar-refractivity contribution is -0.134. The molecule has 1 aliphatic rings. The number of piperidine rings is 1. The first-order valence-corrected chi connectivity index (χ1v) is 10.3. The van der Waals surface area contributed by atoms with E-state index in [4.69, 9.17) is 10.5 Å². The molecule has 30 heavy (non-hydrogen) atoms. The Morgan fingerprint density at radius 1 is 1.17 bits per heavy atom. The summed E-state index contributed by atoms with van der Waals surface area (Å²) in [5.41, 5.74) is 9.61. The molecule has 4 rings (SSSR count). The van der Waals surface area contributed by atoms with Crippen molar-refractivity contribution in [2.24, 2.45) is 0 Å². The fraction of sp³-hybridized carbons (Fsp3) is 0.292. The summed E-state index contributed by atoms with van der Waals surface area (Å²) in [6.07, 6.45) is 5.02. The van der Waals surface area contributed by atoms with E-state index >= 15 is 0 Å². The molecule has 1 aromatic heterocycles. The Balaban J connectivity index is 1.70. The van der Waals surface area contributed by atoms with Gasteiger partial charge in [0, 0.05) is 18.3 Å². The van der Waals surface area contributed by atoms with Gasteiger partial charge in [0.1, 0.15) is 5.75 Å². The second kappa shape index (κ2) is 8.95. The fourth-order valence-corrected chi connectivity index (χ4v) is 4.06. The van der Waals surface area contributed by atoms with Crippen LogP contribution in [0.3, 0.4) is 0 Å². The van der Waals surface area contributed by atoms with Crippen molar-refractivity contribution >= 4 is 11.9 Å². The number of anilines is 1. The largest absolute Gasteiger partial charge is 0.497 e. The Bertz CT molecular complexity index is 1020. The lowest BCUT2D eigenvalue weighted by Gasteiger charge is -2.36. The van der Waals surface area contributed by atoms with Crippen LogP contribution in [0.5, 0.6) is 5.75 Å². The molecule has 0 saturated carbocycles. The van der Waals surface area contributed by atoms with Crippen LogP contribution in [-0.2, 0) is 11.2 Å². The summed E-state index contributed by atoms with van der Waals surface area (Å²) in [5, 5.41) is 0. The SMILES string of the molecule is COc1cccc(-c2cnc(N)nc2C2CCCCN2C(=O)Cc2ccccc2)c1. The van der Waals surface area contributed by atoms with E-state index in [1.54, 1.807) is 13.3 Å². The lowest BCUT2D eigenvalue weighted by atomic mass is 9.93. The van der Waals surface area contributed by atoms with Gasteiger partial charge < -0.3 is 15.4 Å². The average molecular weight is 402 g/mol. The summed E-state index contributed by atoms with van der Waals surface area (Å²) in [6, 6.07) is 17.5. The van der Waals surface area contributed by atoms with Crippen LogP contribution in [-0.4, -0.2) is 34.4 Å². The molecular weight excluding hydrogens is 376 g/mol. The van der Waals surface area contributed by atoms with Gasteiger partial charge in [0.2, 0.25) is 11.9 Å². The Hall–Kier alpha value is -3.41. The number of hydrogen-bond acceptors (Lipinski definition) is 5. The van der Waals surface area contributed by atoms with Gasteiger partial charge in [-0.2, -0.15) is 0 Å². The number of carbonyl (C=O) groups is 1. The maximum atomic E-state index is 13.2. The molecule has 0 spiro atoms. The van der Waals surface area contributed by atoms with Crippen LogP contribution in [0.25, 0.3) is 11.1 Å². The van der Waals surface area contributed by atoms with Crippen LogP contribution in [0.1, 0.15) is 36.6 Å². The minimum Gasteiger partial charge on any atom is -0.497 e. The quantitative estimate of drug-likeness (QED) is 0.697. The predicted molar refractivity (Wildman–Crippen MR) is 117 cm³/mol. The number of nitrogen functional groups attached to an aromatic ring is 1. The number of aromatic nitrogens is 2. The van der Waals surface area contributed by atoms with Crippen molar-refractivity contribution in [1.29, 1.82) is 0 Å². The van der Waals surface area contributed by atoms with Gasteiger partial charge in [-0.25, -0.2) is 9.97 Å². The standard InChI is InChI=1S/C24H26N4O2/c1-30-19-11-7-10-18(15-19)20-16-26-24(25)27-23(20)21-12-5-6-13-28(21)22(29)14-17-8-3-2-4-9-17/h2-4,7-11,15-16,21H,5-6,12-14H2,1H3,(H2,25,26,27). The van der Waals surface area contributed by atoms with Crippen LogP contribution in [0, 0.1) is 0 Å². The van der Waals surface area contributed by atoms with Crippen LogP contribution in [0.4, 0.5) is 5.95 Å². The highest BCUT2D eigenvalue weighted by molar-refractivity contribution is 5.80. The third-order valence-corrected chi connectivity index (χ3v) is 5.55. The number of benzene rings is 2. The van der Waals surface area contributed by atoms with Gasteiger partial charge in [-0.05, 0) is 42.5 Å². The summed E-state index contributed by atoms with van der Waals surface area (Å²) in [4.78, 5) is 24.0. The summed E-state index contributed by atoms with van der Waals surface area (Å²) >= 11 is 0. The van der Waals surface area contributed by atoms with Gasteiger partial charge in [0.25, 0.3) is 0 Å². The Morgan fingerprint density at radius 2 is 2.00 bits per heavy atom. The normalized spacial score (nSPS) is 16.3. The summed E-state index contributed by atoms with van der Waals surface area (Å²) in [6.45, 7) is 0.720. The number of methoxy groups -OCH3 is 1. The summed E-state index contributed by atoms with van der Waals surface area (Å²) < 4.78 is 5.38. The van der Waals surface area contributed by atoms with E-state index in [9.17, 15) is 4.79 Å². The highest BCUT2D eigenvalue weighted by Crippen LogP contribution is 2.37. The number of ether oxygens (including phenoxy) is 1. The zero-order valence-electron chi connectivity index (χ0n) is 17.1. The van der Waals surface area contributed by atoms with Crippen LogP contribution in [0.15, 0.2) is 60.8 Å². The van der Waals surface area contributed by atoms with E-state index in [2.05, 4.69) is 9.97 Å². The number of hydrogen-bond donors (Lipinski definition) is 1. The van der Waals surface area contributed by atoms with E-state index in [-0.39, 0.29) is 17.9 Å². The van der Waals surface area contributed by atoms with Crippen molar-refractivity contribution in [3.05, 3.63) is 72.1 Å². The molecule has 1 aliphatic heterocycles. The smallest absolute Gasteiger partial charge is 0.227 e. The van der Waals surface area contributed by atoms with Gasteiger partial charge in [0.05, 0.1) is 25.3 Å². The second-order valence-electron chi connectivity index (χ2n) is 7.52. The first kappa shape index (κ1) is 19.9. The maximum Gasteiger partial charge on any atom is 0.227 e. The van der Waals surface area contributed by atoms with Gasteiger partial charge in [-0.1, -0.05) is 42.5 Å². The highest BCUT2D eigenvalue weighted by Gasteiger charge is 2.31. The van der Waals surface area contributed by atoms with Crippen molar-refractivity contribution in [3.63, 3.8) is 0 Å². The van der Waals surface area contributed by atoms with Crippen molar-refractivity contribution < 1.29 is 9.53 Å². The average Bonchev–Trinajstić information content (AvgIpc) is 2.79. The highest BCUT2D eigenvalue weighted by atomic mass is 16.5. The number of likely N-dealkylation sites (tertiary alicyclic amines) is 1. The molecule has 3 aromatic rings. The minimum atomic E-state index is -0.124. The van der Waals surface area contributed by atoms with Gasteiger partial charge in [0.15, 0.2) is 0 Å². The first-order chi connectivity index (χ1) is 14.7. The maximum absolute atomic E-state index is 13.2. The molecule has 1 unspecified atom stereocenters. The van der Waals surface area contributed by atoms with Crippen LogP contribution < -0.4 is 10.5 Å². The molecule has 1 amide bonds. The minimum absolute atomic E-state index is 0.111. The number of rotatable bonds is 5. The van der Waals surface area contributed by atoms with E-state index in [1.807, 2.05) is 59.5 Å². The number of carbonyl (C=O) groups excluding carboxylic acids is 1. The second-order valence-corrected chi connectivity index (χ2v) is 7.52. The topological polar surface area (TPSA) is 81.3 Å². The zero-order valence-corrected chi connectivity index (χ0v) is 17.1. The first-order valence-electron chi connectivity index (χ1n) is 10.3. The molecule has 1 atom stereocenters. The molecular formula is C24H26N4O2. The van der Waals surface area contributed by atoms with Crippen molar-refractivity contribution in [1.82, 2.24) is 14.9 Å². The number of nitrogens with two attached hydrogens (primary N) is 1. The van der Waals surface area contributed by atoms with Crippen LogP contribution in [0.2, 0.25) is 0 Å². The zero-order chi connectivity index (χ0) is 20.9. The van der Waals surface area contributed by atoms with Gasteiger partial charge in [-0.15, -0.1) is 0 Å². The van der Waals surface area contributed by atoms with Crippen LogP contribution >= 0.6 is 0 Å². The van der Waals surface area contributed by atoms with Gasteiger partial charge >= 0.3 is 0 Å². The van der Waals surface area contributed by atoms with E-state index in [1.165, 1.54) is 0 Å². The van der Waals surface area contributed by atoms with E-state index < -0.39 is 0 Å². The monoisotopic (exact) mass is 402 g/mol. The van der Waals surface area contributed by atoms with Crippen molar-refractivity contribution in [3.8, 4) is 16.9 Å². The molecule has 154 valence electrons. The molecule has 6 heteroatoms. The molecule has 6 nitrogen and oxygen atoms in total. The van der Waals surface area contributed by atoms with Crippen molar-refractivity contribution in [2.45, 2.75) is 31.7 Å². The predicted octanol–water partition coefficient (Wildman–Crippen LogP) is 4.03. The van der Waals surface area contributed by atoms with Gasteiger partial charge in [-0.3, -0.25) is 4.79 Å². The van der Waals surface area contributed by atoms with E-state index in [0.717, 1.165) is 53.9 Å². The van der Waals surface area contributed by atoms with E-state index in [0.29, 0.717) is 6.42 Å². The number of amides is 1. The summed E-state index contributed by atoms with van der Waals surface area (Å²) in [7, 11) is 1.64. The molecule has 2 N–H and O–H groups in total. The Labute approximate surface area is 176 Å². The molecule has 2 aromatic carbocycles. The third kappa shape index (κ3) is 4.27. The van der Waals surface area contributed by atoms with Crippen molar-refractivity contribution in [2.75, 3.05) is 19.4 Å². The molecule has 1 saturated heterocycles. The molecule has 0 bridgehead atoms. The molecule has 2 heterocycles. The Kier molecular flexibility index (Phi) is 5.93.